The minimum absolute atomic E-state index is 0.0132. The fraction of sp³-hybridized carbons (Fsp3) is 0.750. The van der Waals surface area contributed by atoms with E-state index in [4.69, 9.17) is 5.11 Å². The fourth-order valence-electron chi connectivity index (χ4n) is 0.928. The van der Waals surface area contributed by atoms with Crippen molar-refractivity contribution in [1.29, 1.82) is 0 Å². The van der Waals surface area contributed by atoms with Crippen LogP contribution < -0.4 is 10.6 Å². The summed E-state index contributed by atoms with van der Waals surface area (Å²) in [5.41, 5.74) is 0. The Morgan fingerprint density at radius 2 is 2.08 bits per heavy atom. The van der Waals surface area contributed by atoms with Crippen LogP contribution in [0.1, 0.15) is 26.2 Å². The van der Waals surface area contributed by atoms with Gasteiger partial charge in [-0.15, -0.1) is 0 Å². The lowest BCUT2D eigenvalue weighted by Crippen LogP contribution is -2.38. The van der Waals surface area contributed by atoms with Gasteiger partial charge in [0.25, 0.3) is 0 Å². The molecule has 0 saturated heterocycles. The maximum Gasteiger partial charge on any atom is 0.314 e. The average Bonchev–Trinajstić information content (AvgIpc) is 2.03. The molecule has 0 aromatic heterocycles. The van der Waals surface area contributed by atoms with E-state index in [0.717, 1.165) is 0 Å². The monoisotopic (exact) mass is 188 g/mol. The third-order valence-electron chi connectivity index (χ3n) is 1.63. The Labute approximate surface area is 77.5 Å². The normalized spacial score (nSPS) is 11.8. The van der Waals surface area contributed by atoms with E-state index in [1.54, 1.807) is 7.05 Å². The zero-order valence-corrected chi connectivity index (χ0v) is 7.96. The molecule has 0 fully saturated rings. The third-order valence-corrected chi connectivity index (χ3v) is 1.63. The molecule has 1 atom stereocenters. The zero-order valence-electron chi connectivity index (χ0n) is 7.96. The smallest absolute Gasteiger partial charge is 0.314 e. The highest BCUT2D eigenvalue weighted by Crippen LogP contribution is 1.99. The molecule has 76 valence electrons. The summed E-state index contributed by atoms with van der Waals surface area (Å²) in [5.74, 6) is -0.799. The van der Waals surface area contributed by atoms with E-state index >= 15 is 0 Å². The number of nitrogens with one attached hydrogen (secondary N) is 2. The molecule has 0 aliphatic rings. The van der Waals surface area contributed by atoms with Crippen molar-refractivity contribution < 1.29 is 14.7 Å². The fourth-order valence-corrected chi connectivity index (χ4v) is 0.928. The van der Waals surface area contributed by atoms with Gasteiger partial charge in [-0.2, -0.15) is 0 Å². The molecular weight excluding hydrogens is 172 g/mol. The molecule has 1 unspecified atom stereocenters. The van der Waals surface area contributed by atoms with Crippen molar-refractivity contribution in [1.82, 2.24) is 10.6 Å². The van der Waals surface area contributed by atoms with Gasteiger partial charge in [0.1, 0.15) is 0 Å². The number of aliphatic carboxylic acids is 1. The number of hydrogen-bond acceptors (Lipinski definition) is 2. The van der Waals surface area contributed by atoms with E-state index in [0.29, 0.717) is 12.8 Å². The highest BCUT2D eigenvalue weighted by atomic mass is 16.4. The number of amides is 2. The third kappa shape index (κ3) is 7.11. The van der Waals surface area contributed by atoms with Gasteiger partial charge in [-0.25, -0.2) is 4.79 Å². The van der Waals surface area contributed by atoms with Crippen LogP contribution in [0.3, 0.4) is 0 Å². The lowest BCUT2D eigenvalue weighted by atomic mass is 10.1. The van der Waals surface area contributed by atoms with Crippen molar-refractivity contribution in [2.75, 3.05) is 7.05 Å². The maximum atomic E-state index is 10.8. The first-order valence-electron chi connectivity index (χ1n) is 4.26. The van der Waals surface area contributed by atoms with Gasteiger partial charge in [0, 0.05) is 19.5 Å². The maximum absolute atomic E-state index is 10.8. The van der Waals surface area contributed by atoms with Gasteiger partial charge in [0.2, 0.25) is 0 Å². The lowest BCUT2D eigenvalue weighted by Gasteiger charge is -2.12. The standard InChI is InChI=1S/C8H16N2O3/c1-6(10-8(13)9-2)4-3-5-7(11)12/h6H,3-5H2,1-2H3,(H,11,12)(H2,9,10,13). The summed E-state index contributed by atoms with van der Waals surface area (Å²) in [6.07, 6.45) is 1.42. The Hall–Kier alpha value is -1.26. The number of carboxylic acids is 1. The number of carbonyl (C=O) groups is 2. The molecule has 0 heterocycles. The largest absolute Gasteiger partial charge is 0.481 e. The summed E-state index contributed by atoms with van der Waals surface area (Å²) in [6, 6.07) is -0.220. The van der Waals surface area contributed by atoms with Crippen LogP contribution in [-0.4, -0.2) is 30.2 Å². The van der Waals surface area contributed by atoms with E-state index in [1.807, 2.05) is 6.92 Å². The van der Waals surface area contributed by atoms with Crippen LogP contribution in [0.4, 0.5) is 4.79 Å². The minimum Gasteiger partial charge on any atom is -0.481 e. The van der Waals surface area contributed by atoms with E-state index < -0.39 is 5.97 Å². The summed E-state index contributed by atoms with van der Waals surface area (Å²) < 4.78 is 0. The number of hydrogen-bond donors (Lipinski definition) is 3. The van der Waals surface area contributed by atoms with Gasteiger partial charge < -0.3 is 15.7 Å². The molecular formula is C8H16N2O3. The molecule has 5 nitrogen and oxygen atoms in total. The van der Waals surface area contributed by atoms with E-state index in [-0.39, 0.29) is 18.5 Å². The number of urea groups is 1. The second-order valence-corrected chi connectivity index (χ2v) is 2.91. The zero-order chi connectivity index (χ0) is 10.3. The van der Waals surface area contributed by atoms with Gasteiger partial charge in [-0.1, -0.05) is 0 Å². The number of rotatable bonds is 5. The van der Waals surface area contributed by atoms with Crippen molar-refractivity contribution in [3.05, 3.63) is 0 Å². The first kappa shape index (κ1) is 11.7. The highest BCUT2D eigenvalue weighted by molar-refractivity contribution is 5.73. The van der Waals surface area contributed by atoms with Gasteiger partial charge in [-0.05, 0) is 19.8 Å². The summed E-state index contributed by atoms with van der Waals surface area (Å²) in [6.45, 7) is 1.84. The molecule has 0 rings (SSSR count). The molecule has 0 bridgehead atoms. The summed E-state index contributed by atoms with van der Waals surface area (Å²) >= 11 is 0. The van der Waals surface area contributed by atoms with Gasteiger partial charge in [-0.3, -0.25) is 4.79 Å². The Morgan fingerprint density at radius 3 is 2.54 bits per heavy atom. The second kappa shape index (κ2) is 6.28. The molecule has 13 heavy (non-hydrogen) atoms. The van der Waals surface area contributed by atoms with Gasteiger partial charge in [0.15, 0.2) is 0 Å². The van der Waals surface area contributed by atoms with E-state index in [1.165, 1.54) is 0 Å². The molecule has 0 aliphatic heterocycles. The lowest BCUT2D eigenvalue weighted by molar-refractivity contribution is -0.137. The predicted octanol–water partition coefficient (Wildman–Crippen LogP) is 0.559. The summed E-state index contributed by atoms with van der Waals surface area (Å²) in [7, 11) is 1.54. The van der Waals surface area contributed by atoms with Crippen LogP contribution in [0, 0.1) is 0 Å². The van der Waals surface area contributed by atoms with Gasteiger partial charge >= 0.3 is 12.0 Å². The minimum atomic E-state index is -0.799. The Morgan fingerprint density at radius 1 is 1.46 bits per heavy atom. The average molecular weight is 188 g/mol. The molecule has 0 spiro atoms. The quantitative estimate of drug-likeness (QED) is 0.589. The van der Waals surface area contributed by atoms with Crippen LogP contribution in [0.2, 0.25) is 0 Å². The Kier molecular flexibility index (Phi) is 5.67. The molecule has 5 heteroatoms. The highest BCUT2D eigenvalue weighted by Gasteiger charge is 2.05. The van der Waals surface area contributed by atoms with Crippen LogP contribution in [0.25, 0.3) is 0 Å². The topological polar surface area (TPSA) is 78.4 Å². The molecule has 3 N–H and O–H groups in total. The molecule has 0 radical (unpaired) electrons. The van der Waals surface area contributed by atoms with Crippen LogP contribution in [0.5, 0.6) is 0 Å². The van der Waals surface area contributed by atoms with Crippen molar-refractivity contribution in [3.8, 4) is 0 Å². The Bertz CT molecular complexity index is 182. The van der Waals surface area contributed by atoms with Crippen molar-refractivity contribution >= 4 is 12.0 Å². The van der Waals surface area contributed by atoms with Crippen LogP contribution >= 0.6 is 0 Å². The Balaban J connectivity index is 3.45. The first-order chi connectivity index (χ1) is 6.06. The van der Waals surface area contributed by atoms with Crippen LogP contribution in [0.15, 0.2) is 0 Å². The summed E-state index contributed by atoms with van der Waals surface area (Å²) in [5, 5.41) is 13.4. The van der Waals surface area contributed by atoms with Crippen LogP contribution in [-0.2, 0) is 4.79 Å². The first-order valence-corrected chi connectivity index (χ1v) is 4.26. The summed E-state index contributed by atoms with van der Waals surface area (Å²) in [4.78, 5) is 20.9. The molecule has 0 aromatic carbocycles. The van der Waals surface area contributed by atoms with Gasteiger partial charge in [0.05, 0.1) is 0 Å². The molecule has 2 amide bonds. The number of carboxylic acid groups (broad SMARTS) is 1. The second-order valence-electron chi connectivity index (χ2n) is 2.91. The van der Waals surface area contributed by atoms with Crippen molar-refractivity contribution in [2.24, 2.45) is 0 Å². The van der Waals surface area contributed by atoms with Crippen molar-refractivity contribution in [2.45, 2.75) is 32.2 Å². The number of carbonyl (C=O) groups excluding carboxylic acids is 1. The SMILES string of the molecule is CNC(=O)NC(C)CCCC(=O)O. The molecule has 0 saturated carbocycles. The molecule has 0 aromatic rings. The molecule has 0 aliphatic carbocycles. The van der Waals surface area contributed by atoms with E-state index in [9.17, 15) is 9.59 Å². The van der Waals surface area contributed by atoms with Crippen molar-refractivity contribution in [3.63, 3.8) is 0 Å². The predicted molar refractivity (Wildman–Crippen MR) is 48.5 cm³/mol. The van der Waals surface area contributed by atoms with E-state index in [2.05, 4.69) is 10.6 Å².